The lowest BCUT2D eigenvalue weighted by Crippen LogP contribution is -2.40. The molecule has 0 aliphatic carbocycles. The van der Waals surface area contributed by atoms with Gasteiger partial charge in [0.05, 0.1) is 20.3 Å². The van der Waals surface area contributed by atoms with Gasteiger partial charge < -0.3 is 24.8 Å². The minimum Gasteiger partial charge on any atom is -0.493 e. The van der Waals surface area contributed by atoms with Gasteiger partial charge in [0, 0.05) is 18.8 Å². The molecule has 0 saturated heterocycles. The molecule has 0 aromatic heterocycles. The van der Waals surface area contributed by atoms with Crippen molar-refractivity contribution in [2.45, 2.75) is 19.9 Å². The first-order valence-electron chi connectivity index (χ1n) is 9.31. The molecule has 2 aromatic rings. The minimum absolute atomic E-state index is 0.0292. The second kappa shape index (κ2) is 9.28. The average molecular weight is 369 g/mol. The molecule has 0 radical (unpaired) electrons. The monoisotopic (exact) mass is 369 g/mol. The van der Waals surface area contributed by atoms with Gasteiger partial charge in [0.15, 0.2) is 17.5 Å². The Bertz CT molecular complexity index is 792. The Morgan fingerprint density at radius 2 is 2.07 bits per heavy atom. The maximum Gasteiger partial charge on any atom is 0.198 e. The molecular weight excluding hydrogens is 342 g/mol. The first kappa shape index (κ1) is 19.0. The number of aliphatic hydroxyl groups is 1. The number of fused-ring (bicyclic) bond motifs is 1. The molecule has 2 aromatic carbocycles. The van der Waals surface area contributed by atoms with E-state index in [4.69, 9.17) is 19.6 Å². The van der Waals surface area contributed by atoms with Gasteiger partial charge in [-0.1, -0.05) is 24.3 Å². The first-order valence-corrected chi connectivity index (χ1v) is 9.31. The van der Waals surface area contributed by atoms with Gasteiger partial charge in [-0.3, -0.25) is 0 Å². The summed E-state index contributed by atoms with van der Waals surface area (Å²) in [7, 11) is 1.61. The van der Waals surface area contributed by atoms with Crippen molar-refractivity contribution in [1.29, 1.82) is 0 Å². The van der Waals surface area contributed by atoms with Crippen molar-refractivity contribution in [2.75, 3.05) is 38.3 Å². The maximum atomic E-state index is 8.92. The summed E-state index contributed by atoms with van der Waals surface area (Å²) in [5.41, 5.74) is 3.61. The van der Waals surface area contributed by atoms with E-state index in [9.17, 15) is 0 Å². The van der Waals surface area contributed by atoms with Gasteiger partial charge in [0.2, 0.25) is 0 Å². The number of guanidine groups is 1. The van der Waals surface area contributed by atoms with Crippen molar-refractivity contribution in [1.82, 2.24) is 5.32 Å². The van der Waals surface area contributed by atoms with Crippen LogP contribution >= 0.6 is 0 Å². The first-order chi connectivity index (χ1) is 13.3. The summed E-state index contributed by atoms with van der Waals surface area (Å²) < 4.78 is 10.9. The normalized spacial score (nSPS) is 13.4. The molecule has 27 heavy (non-hydrogen) atoms. The smallest absolute Gasteiger partial charge is 0.198 e. The fourth-order valence-electron chi connectivity index (χ4n) is 3.20. The maximum absolute atomic E-state index is 8.92. The van der Waals surface area contributed by atoms with Crippen molar-refractivity contribution in [3.05, 3.63) is 53.6 Å². The molecule has 0 atom stereocenters. The fourth-order valence-corrected chi connectivity index (χ4v) is 3.20. The molecule has 3 rings (SSSR count). The van der Waals surface area contributed by atoms with Gasteiger partial charge in [-0.05, 0) is 42.7 Å². The second-order valence-electron chi connectivity index (χ2n) is 6.26. The fraction of sp³-hybridized carbons (Fsp3) is 0.381. The zero-order valence-electron chi connectivity index (χ0n) is 15.9. The van der Waals surface area contributed by atoms with Crippen molar-refractivity contribution in [3.8, 4) is 11.5 Å². The summed E-state index contributed by atoms with van der Waals surface area (Å²) in [4.78, 5) is 7.07. The summed E-state index contributed by atoms with van der Waals surface area (Å²) in [5, 5.41) is 12.3. The number of rotatable bonds is 7. The Balaban J connectivity index is 1.78. The van der Waals surface area contributed by atoms with Gasteiger partial charge in [-0.2, -0.15) is 0 Å². The molecule has 0 fully saturated rings. The third kappa shape index (κ3) is 4.52. The number of ether oxygens (including phenoxy) is 2. The summed E-state index contributed by atoms with van der Waals surface area (Å²) in [5.74, 6) is 2.16. The van der Waals surface area contributed by atoms with Crippen molar-refractivity contribution in [3.63, 3.8) is 0 Å². The van der Waals surface area contributed by atoms with Crippen molar-refractivity contribution >= 4 is 11.6 Å². The van der Waals surface area contributed by atoms with E-state index in [-0.39, 0.29) is 13.2 Å². The van der Waals surface area contributed by atoms with Crippen LogP contribution in [0.15, 0.2) is 47.5 Å². The van der Waals surface area contributed by atoms with Crippen LogP contribution in [0.25, 0.3) is 0 Å². The van der Waals surface area contributed by atoms with Crippen LogP contribution in [0.5, 0.6) is 11.5 Å². The van der Waals surface area contributed by atoms with Crippen LogP contribution in [0.3, 0.4) is 0 Å². The molecule has 0 saturated carbocycles. The zero-order chi connectivity index (χ0) is 19.1. The summed E-state index contributed by atoms with van der Waals surface area (Å²) in [6, 6.07) is 14.2. The van der Waals surface area contributed by atoms with Crippen LogP contribution in [0.2, 0.25) is 0 Å². The van der Waals surface area contributed by atoms with E-state index in [1.807, 2.05) is 18.2 Å². The van der Waals surface area contributed by atoms with Gasteiger partial charge in [0.1, 0.15) is 6.61 Å². The van der Waals surface area contributed by atoms with Crippen LogP contribution in [0.4, 0.5) is 5.69 Å². The quantitative estimate of drug-likeness (QED) is 0.580. The number of methoxy groups -OCH3 is 1. The van der Waals surface area contributed by atoms with E-state index in [1.165, 1.54) is 11.3 Å². The lowest BCUT2D eigenvalue weighted by molar-refractivity contribution is 0.196. The lowest BCUT2D eigenvalue weighted by atomic mass is 10.2. The Kier molecular flexibility index (Phi) is 6.54. The van der Waals surface area contributed by atoms with Crippen LogP contribution in [-0.2, 0) is 13.0 Å². The SMILES string of the molecule is CCNC(=NCc1ccc(OCCO)c(OC)c1)N1CCc2ccccc21. The molecule has 0 spiro atoms. The molecular formula is C21H27N3O3. The molecule has 144 valence electrons. The zero-order valence-corrected chi connectivity index (χ0v) is 15.9. The Hall–Kier alpha value is -2.73. The second-order valence-corrected chi connectivity index (χ2v) is 6.26. The van der Waals surface area contributed by atoms with Crippen molar-refractivity contribution < 1.29 is 14.6 Å². The number of nitrogens with one attached hydrogen (secondary N) is 1. The summed E-state index contributed by atoms with van der Waals surface area (Å²) >= 11 is 0. The number of nitrogens with zero attached hydrogens (tertiary/aromatic N) is 2. The molecule has 0 unspecified atom stereocenters. The highest BCUT2D eigenvalue weighted by Gasteiger charge is 2.22. The van der Waals surface area contributed by atoms with E-state index < -0.39 is 0 Å². The minimum atomic E-state index is -0.0292. The van der Waals surface area contributed by atoms with Crippen LogP contribution in [0, 0.1) is 0 Å². The van der Waals surface area contributed by atoms with E-state index in [1.54, 1.807) is 7.11 Å². The molecule has 1 aliphatic rings. The predicted octanol–water partition coefficient (Wildman–Crippen LogP) is 2.59. The standard InChI is InChI=1S/C21H27N3O3/c1-3-22-21(24-11-10-17-6-4-5-7-18(17)24)23-15-16-8-9-19(27-13-12-25)20(14-16)26-2/h4-9,14,25H,3,10-13,15H2,1-2H3,(H,22,23). The third-order valence-corrected chi connectivity index (χ3v) is 4.47. The highest BCUT2D eigenvalue weighted by atomic mass is 16.5. The molecule has 1 heterocycles. The number of anilines is 1. The van der Waals surface area contributed by atoms with Crippen molar-refractivity contribution in [2.24, 2.45) is 4.99 Å². The van der Waals surface area contributed by atoms with Gasteiger partial charge in [-0.25, -0.2) is 4.99 Å². The average Bonchev–Trinajstić information content (AvgIpc) is 3.14. The molecule has 1 aliphatic heterocycles. The molecule has 0 bridgehead atoms. The van der Waals surface area contributed by atoms with Gasteiger partial charge in [-0.15, -0.1) is 0 Å². The Morgan fingerprint density at radius 1 is 1.22 bits per heavy atom. The van der Waals surface area contributed by atoms with E-state index >= 15 is 0 Å². The highest BCUT2D eigenvalue weighted by molar-refractivity contribution is 5.97. The number of para-hydroxylation sites is 1. The van der Waals surface area contributed by atoms with E-state index in [0.717, 1.165) is 31.0 Å². The molecule has 0 amide bonds. The molecule has 2 N–H and O–H groups in total. The predicted molar refractivity (Wildman–Crippen MR) is 108 cm³/mol. The topological polar surface area (TPSA) is 66.3 Å². The molecule has 6 heteroatoms. The third-order valence-electron chi connectivity index (χ3n) is 4.47. The largest absolute Gasteiger partial charge is 0.493 e. The van der Waals surface area contributed by atoms with Crippen LogP contribution in [-0.4, -0.2) is 44.5 Å². The summed E-state index contributed by atoms with van der Waals surface area (Å²) in [6.07, 6.45) is 1.03. The number of aliphatic imine (C=N–C) groups is 1. The van der Waals surface area contributed by atoms with Gasteiger partial charge >= 0.3 is 0 Å². The van der Waals surface area contributed by atoms with E-state index in [0.29, 0.717) is 18.0 Å². The molecule has 6 nitrogen and oxygen atoms in total. The number of hydrogen-bond donors (Lipinski definition) is 2. The van der Waals surface area contributed by atoms with Crippen LogP contribution in [0.1, 0.15) is 18.1 Å². The highest BCUT2D eigenvalue weighted by Crippen LogP contribution is 2.29. The van der Waals surface area contributed by atoms with Crippen LogP contribution < -0.4 is 19.7 Å². The lowest BCUT2D eigenvalue weighted by Gasteiger charge is -2.22. The van der Waals surface area contributed by atoms with Gasteiger partial charge in [0.25, 0.3) is 0 Å². The Labute approximate surface area is 160 Å². The Morgan fingerprint density at radius 3 is 2.85 bits per heavy atom. The summed E-state index contributed by atoms with van der Waals surface area (Å²) in [6.45, 7) is 4.58. The number of aliphatic hydroxyl groups excluding tert-OH is 1. The number of hydrogen-bond acceptors (Lipinski definition) is 4. The number of benzene rings is 2. The van der Waals surface area contributed by atoms with E-state index in [2.05, 4.69) is 41.4 Å².